The van der Waals surface area contributed by atoms with Gasteiger partial charge in [0.1, 0.15) is 0 Å². The van der Waals surface area contributed by atoms with Crippen molar-refractivity contribution in [3.63, 3.8) is 0 Å². The second-order valence-electron chi connectivity index (χ2n) is 11.4. The third-order valence-corrected chi connectivity index (χ3v) is 8.58. The lowest BCUT2D eigenvalue weighted by Crippen LogP contribution is -2.09. The molecule has 2 nitrogen and oxygen atoms in total. The first kappa shape index (κ1) is 27.4. The van der Waals surface area contributed by atoms with Gasteiger partial charge in [0.2, 0.25) is 0 Å². The first-order chi connectivity index (χ1) is 22.8. The van der Waals surface area contributed by atoms with E-state index in [1.165, 1.54) is 44.2 Å². The molecule has 1 heterocycles. The highest BCUT2D eigenvalue weighted by Crippen LogP contribution is 2.41. The van der Waals surface area contributed by atoms with Crippen LogP contribution in [0.5, 0.6) is 0 Å². The number of hydrogen-bond acceptors (Lipinski definition) is 1. The summed E-state index contributed by atoms with van der Waals surface area (Å²) < 4.78 is 2.41. The van der Waals surface area contributed by atoms with E-state index in [0.717, 1.165) is 22.6 Å². The summed E-state index contributed by atoms with van der Waals surface area (Å²) in [6.45, 7) is 0. The van der Waals surface area contributed by atoms with Crippen molar-refractivity contribution >= 4 is 51.0 Å². The standard InChI is InChI=1S/C44H32N2/c1-4-14-33(15-5-1)24-25-34-26-28-37(29-27-34)45(36-18-8-3-9-19-36)38-30-31-44-41(32-38)40-21-11-13-23-43(40)46(44)42-22-12-10-20-39(42)35-16-6-2-7-17-35/h1-32H/b25-24+. The van der Waals surface area contributed by atoms with Crippen LogP contribution in [0.1, 0.15) is 11.1 Å². The van der Waals surface area contributed by atoms with Crippen molar-refractivity contribution in [3.8, 4) is 16.8 Å². The predicted octanol–water partition coefficient (Wildman–Crippen LogP) is 12.1. The van der Waals surface area contributed by atoms with Crippen molar-refractivity contribution < 1.29 is 0 Å². The number of fused-ring (bicyclic) bond motifs is 3. The summed E-state index contributed by atoms with van der Waals surface area (Å²) in [4.78, 5) is 2.34. The van der Waals surface area contributed by atoms with Crippen LogP contribution in [0.2, 0.25) is 0 Å². The highest BCUT2D eigenvalue weighted by molar-refractivity contribution is 6.11. The van der Waals surface area contributed by atoms with Crippen LogP contribution in [0, 0.1) is 0 Å². The molecule has 0 saturated carbocycles. The Kier molecular flexibility index (Phi) is 7.22. The van der Waals surface area contributed by atoms with Crippen LogP contribution in [-0.4, -0.2) is 4.57 Å². The van der Waals surface area contributed by atoms with Gasteiger partial charge in [0.05, 0.1) is 16.7 Å². The molecule has 0 fully saturated rings. The fourth-order valence-electron chi connectivity index (χ4n) is 6.41. The normalized spacial score (nSPS) is 11.4. The highest BCUT2D eigenvalue weighted by Gasteiger charge is 2.18. The SMILES string of the molecule is C(=C\c1ccc(N(c2ccccc2)c2ccc3c(c2)c2ccccc2n3-c2ccccc2-c2ccccc2)cc1)/c1ccccc1. The second kappa shape index (κ2) is 12.1. The van der Waals surface area contributed by atoms with Crippen molar-refractivity contribution in [2.24, 2.45) is 0 Å². The molecule has 218 valence electrons. The largest absolute Gasteiger partial charge is 0.310 e. The lowest BCUT2D eigenvalue weighted by atomic mass is 10.0. The number of anilines is 3. The number of hydrogen-bond donors (Lipinski definition) is 0. The first-order valence-electron chi connectivity index (χ1n) is 15.7. The zero-order valence-corrected chi connectivity index (χ0v) is 25.4. The fourth-order valence-corrected chi connectivity index (χ4v) is 6.41. The molecule has 0 atom stereocenters. The lowest BCUT2D eigenvalue weighted by Gasteiger charge is -2.26. The summed E-state index contributed by atoms with van der Waals surface area (Å²) in [5, 5.41) is 2.45. The average molecular weight is 589 g/mol. The van der Waals surface area contributed by atoms with E-state index >= 15 is 0 Å². The molecule has 7 aromatic carbocycles. The van der Waals surface area contributed by atoms with Crippen LogP contribution in [0.15, 0.2) is 182 Å². The van der Waals surface area contributed by atoms with Crippen LogP contribution in [-0.2, 0) is 0 Å². The molecule has 0 N–H and O–H groups in total. The Hall–Kier alpha value is -6.12. The number of aromatic nitrogens is 1. The third-order valence-electron chi connectivity index (χ3n) is 8.58. The van der Waals surface area contributed by atoms with E-state index in [-0.39, 0.29) is 0 Å². The van der Waals surface area contributed by atoms with E-state index in [2.05, 4.69) is 198 Å². The topological polar surface area (TPSA) is 8.17 Å². The number of para-hydroxylation sites is 3. The molecule has 1 aromatic heterocycles. The monoisotopic (exact) mass is 588 g/mol. The molecule has 46 heavy (non-hydrogen) atoms. The molecule has 0 saturated heterocycles. The minimum Gasteiger partial charge on any atom is -0.310 e. The molecule has 8 rings (SSSR count). The quantitative estimate of drug-likeness (QED) is 0.168. The maximum absolute atomic E-state index is 2.41. The molecule has 0 aliphatic carbocycles. The summed E-state index contributed by atoms with van der Waals surface area (Å²) in [5.41, 5.74) is 11.7. The summed E-state index contributed by atoms with van der Waals surface area (Å²) >= 11 is 0. The van der Waals surface area contributed by atoms with Crippen LogP contribution in [0.25, 0.3) is 50.8 Å². The van der Waals surface area contributed by atoms with E-state index < -0.39 is 0 Å². The smallest absolute Gasteiger partial charge is 0.0542 e. The van der Waals surface area contributed by atoms with Crippen LogP contribution in [0.3, 0.4) is 0 Å². The van der Waals surface area contributed by atoms with Gasteiger partial charge in [0, 0.05) is 33.4 Å². The molecule has 0 aliphatic heterocycles. The van der Waals surface area contributed by atoms with Crippen molar-refractivity contribution in [2.45, 2.75) is 0 Å². The van der Waals surface area contributed by atoms with Gasteiger partial charge in [0.25, 0.3) is 0 Å². The number of nitrogens with zero attached hydrogens (tertiary/aromatic N) is 2. The molecule has 2 heteroatoms. The van der Waals surface area contributed by atoms with Gasteiger partial charge in [-0.3, -0.25) is 0 Å². The Morgan fingerprint density at radius 1 is 0.391 bits per heavy atom. The highest BCUT2D eigenvalue weighted by atomic mass is 15.1. The Balaban J connectivity index is 1.26. The molecule has 0 unspecified atom stereocenters. The first-order valence-corrected chi connectivity index (χ1v) is 15.7. The second-order valence-corrected chi connectivity index (χ2v) is 11.4. The molecule has 0 bridgehead atoms. The van der Waals surface area contributed by atoms with Crippen molar-refractivity contribution in [2.75, 3.05) is 4.90 Å². The number of benzene rings is 7. The van der Waals surface area contributed by atoms with Crippen LogP contribution in [0.4, 0.5) is 17.1 Å². The van der Waals surface area contributed by atoms with Crippen molar-refractivity contribution in [1.82, 2.24) is 4.57 Å². The van der Waals surface area contributed by atoms with Gasteiger partial charge in [-0.15, -0.1) is 0 Å². The minimum atomic E-state index is 1.11. The summed E-state index contributed by atoms with van der Waals surface area (Å²) in [7, 11) is 0. The molecular formula is C44H32N2. The zero-order chi connectivity index (χ0) is 30.7. The fraction of sp³-hybridized carbons (Fsp3) is 0. The minimum absolute atomic E-state index is 1.11. The maximum Gasteiger partial charge on any atom is 0.0542 e. The zero-order valence-electron chi connectivity index (χ0n) is 25.4. The van der Waals surface area contributed by atoms with E-state index in [0.29, 0.717) is 0 Å². The Bertz CT molecular complexity index is 2280. The van der Waals surface area contributed by atoms with Gasteiger partial charge in [-0.2, -0.15) is 0 Å². The molecule has 0 radical (unpaired) electrons. The van der Waals surface area contributed by atoms with Crippen LogP contribution >= 0.6 is 0 Å². The lowest BCUT2D eigenvalue weighted by molar-refractivity contribution is 1.18. The molecule has 0 aliphatic rings. The maximum atomic E-state index is 2.41. The third kappa shape index (κ3) is 5.16. The Morgan fingerprint density at radius 3 is 1.70 bits per heavy atom. The Morgan fingerprint density at radius 2 is 0.935 bits per heavy atom. The van der Waals surface area contributed by atoms with Crippen molar-refractivity contribution in [1.29, 1.82) is 0 Å². The Labute approximate surface area is 269 Å². The van der Waals surface area contributed by atoms with E-state index in [1.54, 1.807) is 0 Å². The summed E-state index contributed by atoms with van der Waals surface area (Å²) in [6.07, 6.45) is 4.32. The molecule has 0 spiro atoms. The van der Waals surface area contributed by atoms with Crippen molar-refractivity contribution in [3.05, 3.63) is 193 Å². The van der Waals surface area contributed by atoms with Gasteiger partial charge in [-0.05, 0) is 71.3 Å². The summed E-state index contributed by atoms with van der Waals surface area (Å²) in [5.74, 6) is 0. The number of rotatable bonds is 7. The van der Waals surface area contributed by atoms with Crippen LogP contribution < -0.4 is 4.90 Å². The summed E-state index contributed by atoms with van der Waals surface area (Å²) in [6, 6.07) is 64.8. The molecular weight excluding hydrogens is 556 g/mol. The predicted molar refractivity (Wildman–Crippen MR) is 196 cm³/mol. The average Bonchev–Trinajstić information content (AvgIpc) is 3.46. The van der Waals surface area contributed by atoms with Gasteiger partial charge in [-0.25, -0.2) is 0 Å². The van der Waals surface area contributed by atoms with E-state index in [1.807, 2.05) is 6.07 Å². The van der Waals surface area contributed by atoms with Gasteiger partial charge in [0.15, 0.2) is 0 Å². The molecule has 8 aromatic rings. The van der Waals surface area contributed by atoms with E-state index in [9.17, 15) is 0 Å². The van der Waals surface area contributed by atoms with E-state index in [4.69, 9.17) is 0 Å². The van der Waals surface area contributed by atoms with Gasteiger partial charge >= 0.3 is 0 Å². The molecule has 0 amide bonds. The van der Waals surface area contributed by atoms with Gasteiger partial charge in [-0.1, -0.05) is 140 Å². The van der Waals surface area contributed by atoms with Gasteiger partial charge < -0.3 is 9.47 Å².